The lowest BCUT2D eigenvalue weighted by Gasteiger charge is -2.11. The van der Waals surface area contributed by atoms with Gasteiger partial charge in [-0.25, -0.2) is 4.99 Å². The van der Waals surface area contributed by atoms with Crippen molar-refractivity contribution in [3.8, 4) is 11.5 Å². The minimum absolute atomic E-state index is 0. The summed E-state index contributed by atoms with van der Waals surface area (Å²) in [5, 5.41) is 3.17. The number of rotatable bonds is 4. The molecule has 0 radical (unpaired) electrons. The van der Waals surface area contributed by atoms with Crippen LogP contribution >= 0.6 is 24.0 Å². The molecule has 0 amide bonds. The van der Waals surface area contributed by atoms with E-state index in [0.29, 0.717) is 31.0 Å². The standard InChI is InChI=1S/C22H27N3O2.HI/c1-14(2)15-4-6-16(7-5-15)18-13-19(18)25-22(23)24-17-8-9-20-21(12-17)27-11-3-10-26-20;/h4-9,12,14,18-19H,3,10-11,13H2,1-2H3,(H3,23,24,25);1H. The zero-order chi connectivity index (χ0) is 18.8. The van der Waals surface area contributed by atoms with Gasteiger partial charge in [0.1, 0.15) is 0 Å². The molecular formula is C22H28IN3O2. The molecule has 150 valence electrons. The summed E-state index contributed by atoms with van der Waals surface area (Å²) in [7, 11) is 0. The Hall–Kier alpha value is -1.96. The third-order valence-corrected chi connectivity index (χ3v) is 5.11. The maximum Gasteiger partial charge on any atom is 0.193 e. The molecule has 2 aromatic rings. The zero-order valence-electron chi connectivity index (χ0n) is 16.4. The Labute approximate surface area is 183 Å². The van der Waals surface area contributed by atoms with Crippen LogP contribution < -0.4 is 20.5 Å². The first-order valence-corrected chi connectivity index (χ1v) is 9.70. The largest absolute Gasteiger partial charge is 0.490 e. The molecule has 0 saturated heterocycles. The fraction of sp³-hybridized carbons (Fsp3) is 0.409. The zero-order valence-corrected chi connectivity index (χ0v) is 18.7. The van der Waals surface area contributed by atoms with Crippen LogP contribution in [0.2, 0.25) is 0 Å². The molecule has 0 spiro atoms. The number of anilines is 1. The van der Waals surface area contributed by atoms with E-state index in [-0.39, 0.29) is 30.0 Å². The molecule has 2 unspecified atom stereocenters. The molecule has 0 aromatic heterocycles. The van der Waals surface area contributed by atoms with Gasteiger partial charge in [-0.15, -0.1) is 24.0 Å². The smallest absolute Gasteiger partial charge is 0.193 e. The van der Waals surface area contributed by atoms with E-state index in [0.717, 1.165) is 30.0 Å². The number of nitrogens with one attached hydrogen (secondary N) is 1. The van der Waals surface area contributed by atoms with Crippen molar-refractivity contribution in [3.63, 3.8) is 0 Å². The Balaban J connectivity index is 0.00000225. The van der Waals surface area contributed by atoms with Gasteiger partial charge >= 0.3 is 0 Å². The van der Waals surface area contributed by atoms with Gasteiger partial charge in [0, 0.05) is 24.1 Å². The minimum Gasteiger partial charge on any atom is -0.490 e. The summed E-state index contributed by atoms with van der Waals surface area (Å²) in [6.45, 7) is 5.78. The second-order valence-corrected chi connectivity index (χ2v) is 7.58. The van der Waals surface area contributed by atoms with E-state index in [4.69, 9.17) is 15.2 Å². The number of aliphatic imine (C=N–C) groups is 1. The van der Waals surface area contributed by atoms with E-state index < -0.39 is 0 Å². The monoisotopic (exact) mass is 493 g/mol. The molecule has 2 aromatic carbocycles. The number of nitrogens with zero attached hydrogens (tertiary/aromatic N) is 1. The highest BCUT2D eigenvalue weighted by atomic mass is 127. The molecule has 1 saturated carbocycles. The molecule has 1 aliphatic heterocycles. The normalized spacial score (nSPS) is 20.9. The summed E-state index contributed by atoms with van der Waals surface area (Å²) < 4.78 is 11.4. The number of benzene rings is 2. The summed E-state index contributed by atoms with van der Waals surface area (Å²) in [4.78, 5) is 4.64. The second-order valence-electron chi connectivity index (χ2n) is 7.58. The van der Waals surface area contributed by atoms with Crippen LogP contribution in [0.4, 0.5) is 5.69 Å². The second kappa shape index (κ2) is 9.03. The van der Waals surface area contributed by atoms with E-state index >= 15 is 0 Å². The van der Waals surface area contributed by atoms with Crippen LogP contribution in [-0.2, 0) is 0 Å². The predicted molar refractivity (Wildman–Crippen MR) is 124 cm³/mol. The number of halogens is 1. The van der Waals surface area contributed by atoms with E-state index in [1.165, 1.54) is 11.1 Å². The third kappa shape index (κ3) is 4.90. The highest BCUT2D eigenvalue weighted by molar-refractivity contribution is 14.0. The maximum atomic E-state index is 6.12. The van der Waals surface area contributed by atoms with E-state index in [1.54, 1.807) is 0 Å². The van der Waals surface area contributed by atoms with E-state index in [9.17, 15) is 0 Å². The lowest BCUT2D eigenvalue weighted by atomic mass is 10.0. The van der Waals surface area contributed by atoms with Gasteiger partial charge in [-0.3, -0.25) is 0 Å². The molecule has 0 bridgehead atoms. The first kappa shape index (κ1) is 20.8. The first-order valence-electron chi connectivity index (χ1n) is 9.70. The molecule has 28 heavy (non-hydrogen) atoms. The summed E-state index contributed by atoms with van der Waals surface area (Å²) in [6, 6.07) is 14.9. The van der Waals surface area contributed by atoms with Gasteiger partial charge in [0.25, 0.3) is 0 Å². The minimum atomic E-state index is 0. The Morgan fingerprint density at radius 2 is 1.79 bits per heavy atom. The highest BCUT2D eigenvalue weighted by Crippen LogP contribution is 2.43. The van der Waals surface area contributed by atoms with Gasteiger partial charge in [0.2, 0.25) is 0 Å². The SMILES string of the molecule is CC(C)c1ccc(C2CC2N=C(N)Nc2ccc3c(c2)OCCCO3)cc1.I. The average Bonchev–Trinajstić information content (AvgIpc) is 3.44. The average molecular weight is 493 g/mol. The van der Waals surface area contributed by atoms with Crippen molar-refractivity contribution in [2.45, 2.75) is 44.6 Å². The van der Waals surface area contributed by atoms with Crippen molar-refractivity contribution in [3.05, 3.63) is 53.6 Å². The molecule has 1 aliphatic carbocycles. The molecule has 3 N–H and O–H groups in total. The molecule has 2 aliphatic rings. The van der Waals surface area contributed by atoms with Gasteiger partial charge in [0.05, 0.1) is 19.3 Å². The van der Waals surface area contributed by atoms with Crippen molar-refractivity contribution in [2.24, 2.45) is 10.7 Å². The topological polar surface area (TPSA) is 68.9 Å². The summed E-state index contributed by atoms with van der Waals surface area (Å²) in [6.07, 6.45) is 1.94. The lowest BCUT2D eigenvalue weighted by molar-refractivity contribution is 0.297. The number of fused-ring (bicyclic) bond motifs is 1. The van der Waals surface area contributed by atoms with Crippen molar-refractivity contribution in [1.29, 1.82) is 0 Å². The fourth-order valence-corrected chi connectivity index (χ4v) is 3.41. The van der Waals surface area contributed by atoms with Crippen molar-refractivity contribution in [2.75, 3.05) is 18.5 Å². The molecule has 2 atom stereocenters. The van der Waals surface area contributed by atoms with Gasteiger partial charge in [-0.1, -0.05) is 38.1 Å². The highest BCUT2D eigenvalue weighted by Gasteiger charge is 2.38. The van der Waals surface area contributed by atoms with Crippen molar-refractivity contribution in [1.82, 2.24) is 0 Å². The van der Waals surface area contributed by atoms with Crippen LogP contribution in [0.15, 0.2) is 47.5 Å². The quantitative estimate of drug-likeness (QED) is 0.362. The summed E-state index contributed by atoms with van der Waals surface area (Å²) in [5.74, 6) is 2.99. The van der Waals surface area contributed by atoms with Crippen LogP contribution in [0.5, 0.6) is 11.5 Å². The lowest BCUT2D eigenvalue weighted by Crippen LogP contribution is -2.23. The Morgan fingerprint density at radius 1 is 1.07 bits per heavy atom. The predicted octanol–water partition coefficient (Wildman–Crippen LogP) is 4.87. The van der Waals surface area contributed by atoms with E-state index in [1.807, 2.05) is 18.2 Å². The number of hydrogen-bond donors (Lipinski definition) is 2. The third-order valence-electron chi connectivity index (χ3n) is 5.11. The first-order chi connectivity index (χ1) is 13.1. The molecule has 1 heterocycles. The summed E-state index contributed by atoms with van der Waals surface area (Å²) in [5.41, 5.74) is 9.70. The van der Waals surface area contributed by atoms with Gasteiger partial charge in [0.15, 0.2) is 17.5 Å². The fourth-order valence-electron chi connectivity index (χ4n) is 3.41. The number of nitrogens with two attached hydrogens (primary N) is 1. The molecule has 1 fully saturated rings. The Bertz CT molecular complexity index is 836. The molecule has 5 nitrogen and oxygen atoms in total. The number of guanidine groups is 1. The molecular weight excluding hydrogens is 465 g/mol. The van der Waals surface area contributed by atoms with E-state index in [2.05, 4.69) is 48.4 Å². The van der Waals surface area contributed by atoms with Gasteiger partial charge in [-0.2, -0.15) is 0 Å². The number of ether oxygens (including phenoxy) is 2. The molecule has 4 rings (SSSR count). The van der Waals surface area contributed by atoms with Crippen LogP contribution in [0, 0.1) is 0 Å². The van der Waals surface area contributed by atoms with Crippen LogP contribution in [-0.4, -0.2) is 25.2 Å². The van der Waals surface area contributed by atoms with Gasteiger partial charge < -0.3 is 20.5 Å². The van der Waals surface area contributed by atoms with Crippen LogP contribution in [0.3, 0.4) is 0 Å². The van der Waals surface area contributed by atoms with Crippen LogP contribution in [0.25, 0.3) is 0 Å². The van der Waals surface area contributed by atoms with Crippen molar-refractivity contribution >= 4 is 35.6 Å². The Kier molecular flexibility index (Phi) is 6.69. The van der Waals surface area contributed by atoms with Crippen LogP contribution in [0.1, 0.15) is 49.7 Å². The van der Waals surface area contributed by atoms with Crippen molar-refractivity contribution < 1.29 is 9.47 Å². The van der Waals surface area contributed by atoms with Gasteiger partial charge in [-0.05, 0) is 35.6 Å². The summed E-state index contributed by atoms with van der Waals surface area (Å²) >= 11 is 0. The molecule has 6 heteroatoms. The number of hydrogen-bond acceptors (Lipinski definition) is 3. The maximum absolute atomic E-state index is 6.12. The Morgan fingerprint density at radius 3 is 2.50 bits per heavy atom.